The molecule has 12 heavy (non-hydrogen) atoms. The zero-order chi connectivity index (χ0) is 9.14. The molecule has 0 amide bonds. The minimum absolute atomic E-state index is 0.0289. The fraction of sp³-hybridized carbons (Fsp3) is 0.667. The Morgan fingerprint density at radius 1 is 1.67 bits per heavy atom. The van der Waals surface area contributed by atoms with Gasteiger partial charge in [-0.1, -0.05) is 13.3 Å². The van der Waals surface area contributed by atoms with E-state index in [1.54, 1.807) is 0 Å². The normalized spacial score (nSPS) is 23.6. The summed E-state index contributed by atoms with van der Waals surface area (Å²) in [6.45, 7) is 2.00. The van der Waals surface area contributed by atoms with Crippen molar-refractivity contribution in [3.8, 4) is 0 Å². The Labute approximate surface area is 72.0 Å². The molecule has 0 aromatic heterocycles. The number of rotatable bonds is 3. The van der Waals surface area contributed by atoms with Gasteiger partial charge in [-0.3, -0.25) is 4.79 Å². The molecular weight excluding hydrogens is 156 g/mol. The lowest BCUT2D eigenvalue weighted by Crippen LogP contribution is -2.06. The van der Waals surface area contributed by atoms with Crippen LogP contribution in [0.5, 0.6) is 0 Å². The van der Waals surface area contributed by atoms with Crippen LogP contribution in [0.1, 0.15) is 26.2 Å². The Kier molecular flexibility index (Phi) is 2.87. The largest absolute Gasteiger partial charge is 0.498 e. The van der Waals surface area contributed by atoms with Gasteiger partial charge in [0.15, 0.2) is 5.78 Å². The summed E-state index contributed by atoms with van der Waals surface area (Å²) in [6, 6.07) is 0. The van der Waals surface area contributed by atoms with Crippen LogP contribution in [0, 0.1) is 0 Å². The lowest BCUT2D eigenvalue weighted by molar-refractivity contribution is -0.116. The molecule has 3 heteroatoms. The summed E-state index contributed by atoms with van der Waals surface area (Å²) in [6.07, 6.45) is 1.10. The van der Waals surface area contributed by atoms with Crippen LogP contribution in [0.15, 0.2) is 11.3 Å². The van der Waals surface area contributed by atoms with Gasteiger partial charge < -0.3 is 9.84 Å². The maximum absolute atomic E-state index is 11.2. The molecule has 0 saturated carbocycles. The number of hydrogen-bond acceptors (Lipinski definition) is 3. The molecule has 1 aliphatic rings. The molecule has 0 aliphatic heterocycles. The zero-order valence-corrected chi connectivity index (χ0v) is 7.46. The lowest BCUT2D eigenvalue weighted by Gasteiger charge is -2.06. The van der Waals surface area contributed by atoms with Crippen molar-refractivity contribution in [2.24, 2.45) is 0 Å². The van der Waals surface area contributed by atoms with Crippen molar-refractivity contribution in [3.05, 3.63) is 11.3 Å². The van der Waals surface area contributed by atoms with E-state index < -0.39 is 6.10 Å². The maximum atomic E-state index is 11.2. The van der Waals surface area contributed by atoms with Gasteiger partial charge in [-0.15, -0.1) is 0 Å². The Morgan fingerprint density at radius 2 is 2.33 bits per heavy atom. The molecule has 1 rings (SSSR count). The third-order valence-electron chi connectivity index (χ3n) is 2.04. The molecule has 0 fully saturated rings. The van der Waals surface area contributed by atoms with Crippen molar-refractivity contribution in [1.29, 1.82) is 0 Å². The van der Waals surface area contributed by atoms with E-state index in [9.17, 15) is 9.90 Å². The van der Waals surface area contributed by atoms with Crippen molar-refractivity contribution >= 4 is 5.78 Å². The number of methoxy groups -OCH3 is 1. The van der Waals surface area contributed by atoms with Gasteiger partial charge in [-0.2, -0.15) is 0 Å². The van der Waals surface area contributed by atoms with Gasteiger partial charge in [-0.25, -0.2) is 0 Å². The SMILES string of the molecule is CCCC1=C(OC)C(O)CC1=O. The van der Waals surface area contributed by atoms with Crippen LogP contribution in [0.3, 0.4) is 0 Å². The molecule has 0 aromatic rings. The van der Waals surface area contributed by atoms with Crippen molar-refractivity contribution in [3.63, 3.8) is 0 Å². The van der Waals surface area contributed by atoms with Gasteiger partial charge in [0, 0.05) is 12.0 Å². The van der Waals surface area contributed by atoms with Gasteiger partial charge in [0.05, 0.1) is 7.11 Å². The van der Waals surface area contributed by atoms with Crippen molar-refractivity contribution in [2.45, 2.75) is 32.3 Å². The summed E-state index contributed by atoms with van der Waals surface area (Å²) in [5, 5.41) is 9.35. The molecule has 0 radical (unpaired) electrons. The van der Waals surface area contributed by atoms with Crippen LogP contribution in [-0.4, -0.2) is 24.1 Å². The summed E-state index contributed by atoms with van der Waals surface area (Å²) in [5.41, 5.74) is 0.674. The summed E-state index contributed by atoms with van der Waals surface area (Å²) in [4.78, 5) is 11.2. The molecule has 0 heterocycles. The van der Waals surface area contributed by atoms with Crippen LogP contribution in [0.4, 0.5) is 0 Å². The molecular formula is C9H14O3. The summed E-state index contributed by atoms with van der Waals surface area (Å²) in [7, 11) is 1.49. The Bertz CT molecular complexity index is 218. The first-order valence-corrected chi connectivity index (χ1v) is 4.19. The molecule has 3 nitrogen and oxygen atoms in total. The Morgan fingerprint density at radius 3 is 2.83 bits per heavy atom. The van der Waals surface area contributed by atoms with E-state index in [2.05, 4.69) is 0 Å². The fourth-order valence-corrected chi connectivity index (χ4v) is 1.50. The van der Waals surface area contributed by atoms with Crippen LogP contribution in [0.2, 0.25) is 0 Å². The zero-order valence-electron chi connectivity index (χ0n) is 7.46. The van der Waals surface area contributed by atoms with E-state index in [4.69, 9.17) is 4.74 Å². The minimum Gasteiger partial charge on any atom is -0.498 e. The second kappa shape index (κ2) is 3.72. The first-order valence-electron chi connectivity index (χ1n) is 4.19. The molecule has 1 atom stereocenters. The Balaban J connectivity index is 2.85. The number of hydrogen-bond donors (Lipinski definition) is 1. The number of ketones is 1. The van der Waals surface area contributed by atoms with Crippen LogP contribution in [0.25, 0.3) is 0 Å². The van der Waals surface area contributed by atoms with Gasteiger partial charge in [0.25, 0.3) is 0 Å². The number of Topliss-reactive ketones (excluding diaryl/α,β-unsaturated/α-hetero) is 1. The quantitative estimate of drug-likeness (QED) is 0.687. The molecule has 1 unspecified atom stereocenters. The molecule has 0 bridgehead atoms. The highest BCUT2D eigenvalue weighted by Crippen LogP contribution is 2.26. The smallest absolute Gasteiger partial charge is 0.165 e. The molecule has 0 saturated heterocycles. The number of aliphatic hydroxyl groups is 1. The van der Waals surface area contributed by atoms with E-state index in [1.165, 1.54) is 7.11 Å². The van der Waals surface area contributed by atoms with Crippen molar-refractivity contribution in [1.82, 2.24) is 0 Å². The van der Waals surface area contributed by atoms with E-state index >= 15 is 0 Å². The highest BCUT2D eigenvalue weighted by Gasteiger charge is 2.30. The van der Waals surface area contributed by atoms with E-state index in [-0.39, 0.29) is 12.2 Å². The highest BCUT2D eigenvalue weighted by atomic mass is 16.5. The second-order valence-corrected chi connectivity index (χ2v) is 2.94. The third kappa shape index (κ3) is 1.50. The second-order valence-electron chi connectivity index (χ2n) is 2.94. The van der Waals surface area contributed by atoms with Crippen molar-refractivity contribution < 1.29 is 14.6 Å². The monoisotopic (exact) mass is 170 g/mol. The predicted octanol–water partition coefficient (Wildman–Crippen LogP) is 1.02. The maximum Gasteiger partial charge on any atom is 0.165 e. The topological polar surface area (TPSA) is 46.5 Å². The summed E-state index contributed by atoms with van der Waals surface area (Å²) in [5.74, 6) is 0.503. The van der Waals surface area contributed by atoms with Gasteiger partial charge >= 0.3 is 0 Å². The predicted molar refractivity (Wildman–Crippen MR) is 44.6 cm³/mol. The van der Waals surface area contributed by atoms with E-state index in [1.807, 2.05) is 6.92 Å². The van der Waals surface area contributed by atoms with Gasteiger partial charge in [-0.05, 0) is 6.42 Å². The van der Waals surface area contributed by atoms with Gasteiger partial charge in [0.2, 0.25) is 0 Å². The third-order valence-corrected chi connectivity index (χ3v) is 2.04. The van der Waals surface area contributed by atoms with Gasteiger partial charge in [0.1, 0.15) is 11.9 Å². The van der Waals surface area contributed by atoms with E-state index in [0.29, 0.717) is 17.8 Å². The number of carbonyl (C=O) groups excluding carboxylic acids is 1. The standard InChI is InChI=1S/C9H14O3/c1-3-4-6-7(10)5-8(11)9(6)12-2/h8,11H,3-5H2,1-2H3. The molecule has 0 spiro atoms. The number of allylic oxidation sites excluding steroid dienone is 1. The number of aliphatic hydroxyl groups excluding tert-OH is 1. The van der Waals surface area contributed by atoms with Crippen molar-refractivity contribution in [2.75, 3.05) is 7.11 Å². The molecule has 0 aromatic carbocycles. The van der Waals surface area contributed by atoms with E-state index in [0.717, 1.165) is 6.42 Å². The van der Waals surface area contributed by atoms with Crippen LogP contribution < -0.4 is 0 Å². The first kappa shape index (κ1) is 9.26. The molecule has 1 N–H and O–H groups in total. The van der Waals surface area contributed by atoms with Crippen LogP contribution in [-0.2, 0) is 9.53 Å². The summed E-state index contributed by atoms with van der Waals surface area (Å²) >= 11 is 0. The summed E-state index contributed by atoms with van der Waals surface area (Å²) < 4.78 is 4.97. The number of ether oxygens (including phenoxy) is 1. The highest BCUT2D eigenvalue weighted by molar-refractivity contribution is 5.99. The molecule has 1 aliphatic carbocycles. The minimum atomic E-state index is -0.705. The fourth-order valence-electron chi connectivity index (χ4n) is 1.50. The lowest BCUT2D eigenvalue weighted by atomic mass is 10.1. The average molecular weight is 170 g/mol. The molecule has 68 valence electrons. The van der Waals surface area contributed by atoms with Crippen LogP contribution >= 0.6 is 0 Å². The number of carbonyl (C=O) groups is 1. The average Bonchev–Trinajstić information content (AvgIpc) is 2.28. The first-order chi connectivity index (χ1) is 5.70. The Hall–Kier alpha value is -0.830.